The molecule has 2 N–H and O–H groups in total. The van der Waals surface area contributed by atoms with Gasteiger partial charge in [0.05, 0.1) is 20.8 Å². The van der Waals surface area contributed by atoms with Crippen molar-refractivity contribution < 1.29 is 19.0 Å². The molecule has 0 fully saturated rings. The van der Waals surface area contributed by atoms with Gasteiger partial charge < -0.3 is 24.8 Å². The van der Waals surface area contributed by atoms with Crippen LogP contribution in [-0.4, -0.2) is 33.4 Å². The minimum Gasteiger partial charge on any atom is -0.493 e. The molecule has 24 heavy (non-hydrogen) atoms. The van der Waals surface area contributed by atoms with E-state index in [9.17, 15) is 4.79 Å². The first-order valence-electron chi connectivity index (χ1n) is 7.59. The highest BCUT2D eigenvalue weighted by atomic mass is 16.5. The summed E-state index contributed by atoms with van der Waals surface area (Å²) in [4.78, 5) is 12.0. The largest absolute Gasteiger partial charge is 0.493 e. The van der Waals surface area contributed by atoms with E-state index in [-0.39, 0.29) is 6.03 Å². The molecule has 0 spiro atoms. The van der Waals surface area contributed by atoms with E-state index in [0.717, 1.165) is 11.3 Å². The van der Waals surface area contributed by atoms with E-state index in [0.29, 0.717) is 30.3 Å². The fourth-order valence-corrected chi connectivity index (χ4v) is 2.13. The van der Waals surface area contributed by atoms with E-state index in [1.165, 1.54) is 0 Å². The Morgan fingerprint density at radius 2 is 1.71 bits per heavy atom. The lowest BCUT2D eigenvalue weighted by Crippen LogP contribution is -2.32. The smallest absolute Gasteiger partial charge is 0.319 e. The molecule has 0 unspecified atom stereocenters. The number of ether oxygens (including phenoxy) is 3. The molecule has 2 rings (SSSR count). The van der Waals surface area contributed by atoms with Gasteiger partial charge in [-0.05, 0) is 30.7 Å². The summed E-state index contributed by atoms with van der Waals surface area (Å²) in [6.07, 6.45) is 0. The monoisotopic (exact) mass is 330 g/mol. The van der Waals surface area contributed by atoms with Crippen LogP contribution in [0.1, 0.15) is 5.56 Å². The fourth-order valence-electron chi connectivity index (χ4n) is 2.13. The zero-order valence-corrected chi connectivity index (χ0v) is 14.1. The molecule has 0 heterocycles. The van der Waals surface area contributed by atoms with E-state index in [1.54, 1.807) is 20.3 Å². The number of hydrogen-bond donors (Lipinski definition) is 2. The second kappa shape index (κ2) is 8.67. The summed E-state index contributed by atoms with van der Waals surface area (Å²) in [5, 5.41) is 5.54. The molecule has 0 aromatic heterocycles. The third-order valence-corrected chi connectivity index (χ3v) is 3.38. The molecule has 6 nitrogen and oxygen atoms in total. The van der Waals surface area contributed by atoms with Crippen LogP contribution >= 0.6 is 0 Å². The van der Waals surface area contributed by atoms with Crippen LogP contribution in [-0.2, 0) is 0 Å². The molecule has 0 saturated carbocycles. The summed E-state index contributed by atoms with van der Waals surface area (Å²) in [6.45, 7) is 2.67. The van der Waals surface area contributed by atoms with Crippen molar-refractivity contribution in [1.82, 2.24) is 5.32 Å². The first-order valence-corrected chi connectivity index (χ1v) is 7.59. The molecule has 128 valence electrons. The minimum atomic E-state index is -0.304. The number of urea groups is 1. The van der Waals surface area contributed by atoms with Crippen LogP contribution in [0.25, 0.3) is 0 Å². The third-order valence-electron chi connectivity index (χ3n) is 3.38. The molecular formula is C18H22N2O4. The number of hydrogen-bond acceptors (Lipinski definition) is 4. The fraction of sp³-hybridized carbons (Fsp3) is 0.278. The number of anilines is 1. The molecule has 2 amide bonds. The number of benzene rings is 2. The lowest BCUT2D eigenvalue weighted by molar-refractivity contribution is 0.247. The van der Waals surface area contributed by atoms with Gasteiger partial charge in [-0.2, -0.15) is 0 Å². The standard InChI is InChI=1S/C18H22N2O4/c1-13-11-16(22-2)17(23-3)12-15(13)20-18(21)19-9-10-24-14-7-5-4-6-8-14/h4-8,11-12H,9-10H2,1-3H3,(H2,19,20,21). The van der Waals surface area contributed by atoms with Gasteiger partial charge in [-0.1, -0.05) is 18.2 Å². The lowest BCUT2D eigenvalue weighted by atomic mass is 10.1. The van der Waals surface area contributed by atoms with Crippen LogP contribution in [0.3, 0.4) is 0 Å². The molecule has 2 aromatic rings. The predicted octanol–water partition coefficient (Wildman–Crippen LogP) is 3.21. The van der Waals surface area contributed by atoms with Gasteiger partial charge in [-0.3, -0.25) is 0 Å². The molecule has 2 aromatic carbocycles. The van der Waals surface area contributed by atoms with Crippen LogP contribution in [0.4, 0.5) is 10.5 Å². The highest BCUT2D eigenvalue weighted by molar-refractivity contribution is 5.90. The van der Waals surface area contributed by atoms with E-state index in [1.807, 2.05) is 43.3 Å². The molecule has 0 aliphatic heterocycles. The van der Waals surface area contributed by atoms with Crippen molar-refractivity contribution in [2.45, 2.75) is 6.92 Å². The van der Waals surface area contributed by atoms with Gasteiger partial charge in [0.25, 0.3) is 0 Å². The molecule has 0 aliphatic rings. The predicted molar refractivity (Wildman–Crippen MR) is 93.2 cm³/mol. The Bertz CT molecular complexity index is 674. The lowest BCUT2D eigenvalue weighted by Gasteiger charge is -2.14. The van der Waals surface area contributed by atoms with Gasteiger partial charge in [0, 0.05) is 11.8 Å². The van der Waals surface area contributed by atoms with E-state index in [2.05, 4.69) is 10.6 Å². The summed E-state index contributed by atoms with van der Waals surface area (Å²) in [5.41, 5.74) is 1.54. The normalized spacial score (nSPS) is 9.96. The summed E-state index contributed by atoms with van der Waals surface area (Å²) in [6, 6.07) is 12.7. The average Bonchev–Trinajstić information content (AvgIpc) is 2.61. The number of nitrogens with one attached hydrogen (secondary N) is 2. The Labute approximate surface area is 141 Å². The quantitative estimate of drug-likeness (QED) is 0.765. The summed E-state index contributed by atoms with van der Waals surface area (Å²) in [7, 11) is 3.13. The number of aryl methyl sites for hydroxylation is 1. The number of carbonyl (C=O) groups is 1. The van der Waals surface area contributed by atoms with E-state index in [4.69, 9.17) is 14.2 Å². The number of rotatable bonds is 7. The van der Waals surface area contributed by atoms with Gasteiger partial charge in [0.15, 0.2) is 11.5 Å². The van der Waals surface area contributed by atoms with Crippen LogP contribution in [0.15, 0.2) is 42.5 Å². The summed E-state index contributed by atoms with van der Waals surface area (Å²) < 4.78 is 16.0. The molecule has 0 bridgehead atoms. The van der Waals surface area contributed by atoms with E-state index >= 15 is 0 Å². The minimum absolute atomic E-state index is 0.304. The van der Waals surface area contributed by atoms with Crippen LogP contribution in [0.2, 0.25) is 0 Å². The van der Waals surface area contributed by atoms with Gasteiger partial charge in [-0.25, -0.2) is 4.79 Å². The molecule has 0 aliphatic carbocycles. The van der Waals surface area contributed by atoms with Crippen LogP contribution in [0.5, 0.6) is 17.2 Å². The maximum Gasteiger partial charge on any atom is 0.319 e. The first-order chi connectivity index (χ1) is 11.6. The molecule has 0 saturated heterocycles. The Morgan fingerprint density at radius 1 is 1.04 bits per heavy atom. The second-order valence-corrected chi connectivity index (χ2v) is 5.06. The van der Waals surface area contributed by atoms with Crippen molar-refractivity contribution >= 4 is 11.7 Å². The highest BCUT2D eigenvalue weighted by Gasteiger charge is 2.10. The Morgan fingerprint density at radius 3 is 2.38 bits per heavy atom. The van der Waals surface area contributed by atoms with Crippen molar-refractivity contribution in [3.63, 3.8) is 0 Å². The number of carbonyl (C=O) groups excluding carboxylic acids is 1. The van der Waals surface area contributed by atoms with Crippen molar-refractivity contribution in [2.75, 3.05) is 32.7 Å². The van der Waals surface area contributed by atoms with Crippen molar-refractivity contribution in [2.24, 2.45) is 0 Å². The van der Waals surface area contributed by atoms with Crippen molar-refractivity contribution in [3.8, 4) is 17.2 Å². The molecular weight excluding hydrogens is 308 g/mol. The van der Waals surface area contributed by atoms with Gasteiger partial charge in [-0.15, -0.1) is 0 Å². The maximum absolute atomic E-state index is 12.0. The average molecular weight is 330 g/mol. The van der Waals surface area contributed by atoms with Crippen molar-refractivity contribution in [3.05, 3.63) is 48.0 Å². The molecule has 0 radical (unpaired) electrons. The van der Waals surface area contributed by atoms with Gasteiger partial charge >= 0.3 is 6.03 Å². The summed E-state index contributed by atoms with van der Waals surface area (Å²) >= 11 is 0. The highest BCUT2D eigenvalue weighted by Crippen LogP contribution is 2.32. The molecule has 6 heteroatoms. The topological polar surface area (TPSA) is 68.8 Å². The SMILES string of the molecule is COc1cc(C)c(NC(=O)NCCOc2ccccc2)cc1OC. The Hall–Kier alpha value is -2.89. The zero-order valence-electron chi connectivity index (χ0n) is 14.1. The second-order valence-electron chi connectivity index (χ2n) is 5.06. The first kappa shape index (κ1) is 17.5. The zero-order chi connectivity index (χ0) is 17.4. The van der Waals surface area contributed by atoms with Crippen LogP contribution < -0.4 is 24.8 Å². The van der Waals surface area contributed by atoms with Gasteiger partial charge in [0.1, 0.15) is 12.4 Å². The maximum atomic E-state index is 12.0. The van der Waals surface area contributed by atoms with E-state index < -0.39 is 0 Å². The van der Waals surface area contributed by atoms with Gasteiger partial charge in [0.2, 0.25) is 0 Å². The van der Waals surface area contributed by atoms with Crippen molar-refractivity contribution in [1.29, 1.82) is 0 Å². The Kier molecular flexibility index (Phi) is 6.31. The van der Waals surface area contributed by atoms with Crippen LogP contribution in [0, 0.1) is 6.92 Å². The Balaban J connectivity index is 1.84. The third kappa shape index (κ3) is 4.81. The number of para-hydroxylation sites is 1. The number of methoxy groups -OCH3 is 2. The molecule has 0 atom stereocenters. The number of amides is 2. The summed E-state index contributed by atoms with van der Waals surface area (Å²) in [5.74, 6) is 1.96.